The highest BCUT2D eigenvalue weighted by molar-refractivity contribution is 8.44. The van der Waals surface area contributed by atoms with Gasteiger partial charge in [-0.2, -0.15) is 0 Å². The first-order chi connectivity index (χ1) is 29.5. The fourth-order valence-corrected chi connectivity index (χ4v) is 9.78. The molecule has 4 unspecified atom stereocenters. The van der Waals surface area contributed by atoms with Crippen molar-refractivity contribution in [3.05, 3.63) is 25.3 Å². The molecule has 31 heteroatoms. The number of imidazole rings is 2. The number of hydrogen-bond acceptors (Lipinski definition) is 19. The van der Waals surface area contributed by atoms with Gasteiger partial charge in [0.15, 0.2) is 53.2 Å². The van der Waals surface area contributed by atoms with Crippen LogP contribution in [0.25, 0.3) is 22.3 Å². The van der Waals surface area contributed by atoms with Crippen molar-refractivity contribution in [3.8, 4) is 0 Å². The molecule has 11 atom stereocenters. The van der Waals surface area contributed by atoms with Crippen molar-refractivity contribution in [2.45, 2.75) is 87.4 Å². The average Bonchev–Trinajstić information content (AvgIpc) is 3.99. The number of nitrogens with one attached hydrogen (secondary N) is 3. The molecule has 4 amide bonds. The average molecular weight is 951 g/mol. The molecule has 3 fully saturated rings. The molecule has 25 nitrogen and oxygen atoms in total. The van der Waals surface area contributed by atoms with Crippen molar-refractivity contribution in [2.24, 2.45) is 11.5 Å². The van der Waals surface area contributed by atoms with Crippen LogP contribution >= 0.6 is 25.8 Å². The summed E-state index contributed by atoms with van der Waals surface area (Å²) in [5.74, 6) is -0.849. The van der Waals surface area contributed by atoms with Crippen LogP contribution < -0.4 is 33.2 Å². The molecule has 4 aromatic rings. The minimum Gasteiger partial charge on any atom is -0.382 e. The van der Waals surface area contributed by atoms with E-state index in [1.165, 1.54) is 21.8 Å². The summed E-state index contributed by atoms with van der Waals surface area (Å²) in [6.45, 7) is -9.72. The maximum absolute atomic E-state index is 16.5. The molecule has 10 N–H and O–H groups in total. The number of carbonyl (C=O) groups is 3. The quantitative estimate of drug-likeness (QED) is 0.0522. The number of amides is 4. The van der Waals surface area contributed by atoms with Crippen molar-refractivity contribution >= 4 is 89.4 Å². The summed E-state index contributed by atoms with van der Waals surface area (Å²) in [7, 11) is 0. The lowest BCUT2D eigenvalue weighted by atomic mass is 10.1. The van der Waals surface area contributed by atoms with Crippen LogP contribution in [0.4, 0.5) is 25.2 Å². The number of fused-ring (bicyclic) bond motifs is 4. The van der Waals surface area contributed by atoms with Crippen molar-refractivity contribution in [1.82, 2.24) is 49.7 Å². The molecule has 7 rings (SSSR count). The van der Waals surface area contributed by atoms with Gasteiger partial charge in [-0.25, -0.2) is 48.0 Å². The second-order valence-corrected chi connectivity index (χ2v) is 19.8. The Morgan fingerprint density at radius 2 is 1.48 bits per heavy atom. The van der Waals surface area contributed by atoms with Crippen molar-refractivity contribution in [2.75, 3.05) is 37.4 Å². The number of rotatable bonds is 13. The predicted molar refractivity (Wildman–Crippen MR) is 218 cm³/mol. The molecule has 0 radical (unpaired) electrons. The topological polar surface area (TPSA) is 345 Å². The van der Waals surface area contributed by atoms with Gasteiger partial charge in [-0.05, 0) is 37.5 Å². The number of anilines is 2. The van der Waals surface area contributed by atoms with Gasteiger partial charge in [0.25, 0.3) is 0 Å². The summed E-state index contributed by atoms with van der Waals surface area (Å²) in [5, 5.41) is 7.75. The predicted octanol–water partition coefficient (Wildman–Crippen LogP) is 0.792. The van der Waals surface area contributed by atoms with Gasteiger partial charge in [-0.1, -0.05) is 12.2 Å². The van der Waals surface area contributed by atoms with E-state index in [0.29, 0.717) is 25.8 Å². The summed E-state index contributed by atoms with van der Waals surface area (Å²) in [6.07, 6.45) is -7.01. The molecule has 3 aliphatic heterocycles. The van der Waals surface area contributed by atoms with E-state index >= 15 is 8.78 Å². The number of carbonyl (C=O) groups excluding carboxylic acids is 3. The van der Waals surface area contributed by atoms with Crippen molar-refractivity contribution < 1.29 is 60.2 Å². The molecule has 4 aromatic heterocycles. The highest BCUT2D eigenvalue weighted by Gasteiger charge is 2.54. The van der Waals surface area contributed by atoms with E-state index < -0.39 is 93.9 Å². The van der Waals surface area contributed by atoms with Crippen LogP contribution in [0.2, 0.25) is 0 Å². The van der Waals surface area contributed by atoms with Crippen LogP contribution in [0, 0.1) is 0 Å². The maximum Gasteiger partial charge on any atom is 0.386 e. The SMILES string of the molecule is NC(=O)NCCCC[C@H](N)C(=O)NCCCC(=O)Nc1ncnc2c1ncn2[C@@H]1O[C@@H]2COP(O)(=S)OC3[C@@H](F)[C@H](n4cnc5c(N)ncnc54)O[C@@H]3COP(=O)(S)OC2[C@H]1F. The van der Waals surface area contributed by atoms with Crippen LogP contribution in [0.15, 0.2) is 25.3 Å². The van der Waals surface area contributed by atoms with E-state index in [0.717, 1.165) is 12.7 Å². The molecule has 0 bridgehead atoms. The summed E-state index contributed by atoms with van der Waals surface area (Å²) in [4.78, 5) is 71.6. The lowest BCUT2D eigenvalue weighted by molar-refractivity contribution is -0.123. The molecule has 338 valence electrons. The van der Waals surface area contributed by atoms with Gasteiger partial charge < -0.3 is 52.0 Å². The Kier molecular flexibility index (Phi) is 14.3. The van der Waals surface area contributed by atoms with Crippen molar-refractivity contribution in [3.63, 3.8) is 0 Å². The Morgan fingerprint density at radius 3 is 2.16 bits per heavy atom. The zero-order valence-corrected chi connectivity index (χ0v) is 35.7. The van der Waals surface area contributed by atoms with Crippen LogP contribution in [0.5, 0.6) is 0 Å². The molecule has 0 saturated carbocycles. The first-order valence-electron chi connectivity index (χ1n) is 18.9. The van der Waals surface area contributed by atoms with Crippen LogP contribution in [0.1, 0.15) is 44.6 Å². The number of halogens is 2. The Labute approximate surface area is 359 Å². The second-order valence-electron chi connectivity index (χ2n) is 14.2. The fourth-order valence-electron chi connectivity index (χ4n) is 6.86. The number of primary amides is 1. The minimum absolute atomic E-state index is 0.0127. The standard InChI is InChI=1S/C31H42F2N14O11P2S2/c32-18-22-15(55-29(18)46-12-43-20-24(35)39-10-41-26(20)46)8-53-60(52,62)58-23-16(9-54-59(51,61)57-22)56-30(19(23)33)47-13-44-21-25(40-11-42-27(21)47)45-17(48)5-3-7-37-28(49)14(34)4-1-2-6-38-31(36)50/h10-16,18-19,22-23,29-30H,1-9,34H2,(H,37,49)(H,51,61)(H,52,62)(H2,35,39,41)(H3,36,38,50)(H,40,42,45,48)/t14-,15+,16+,18+,19+,22?,23?,29+,30+,59?,60?/m0/s1. The monoisotopic (exact) mass is 950 g/mol. The van der Waals surface area contributed by atoms with Gasteiger partial charge in [0.1, 0.15) is 42.6 Å². The number of nitrogens with zero attached hydrogens (tertiary/aromatic N) is 8. The molecular weight excluding hydrogens is 909 g/mol. The Morgan fingerprint density at radius 1 is 0.887 bits per heavy atom. The highest BCUT2D eigenvalue weighted by Crippen LogP contribution is 2.58. The Bertz CT molecular complexity index is 2390. The number of thiol groups is 1. The molecule has 0 aliphatic carbocycles. The number of unbranched alkanes of at least 4 members (excludes halogenated alkanes) is 1. The fraction of sp³-hybridized carbons (Fsp3) is 0.581. The number of hydrogen-bond donors (Lipinski definition) is 8. The smallest absolute Gasteiger partial charge is 0.382 e. The summed E-state index contributed by atoms with van der Waals surface area (Å²) >= 11 is 9.25. The van der Waals surface area contributed by atoms with E-state index in [2.05, 4.69) is 58.1 Å². The number of alkyl halides is 2. The third-order valence-corrected chi connectivity index (χ3v) is 13.0. The molecule has 0 spiro atoms. The van der Waals surface area contributed by atoms with Gasteiger partial charge in [0.2, 0.25) is 11.8 Å². The lowest BCUT2D eigenvalue weighted by Gasteiger charge is -2.29. The van der Waals surface area contributed by atoms with Crippen LogP contribution in [-0.2, 0) is 53.5 Å². The molecule has 3 saturated heterocycles. The minimum atomic E-state index is -4.50. The third kappa shape index (κ3) is 10.5. The largest absolute Gasteiger partial charge is 0.386 e. The van der Waals surface area contributed by atoms with Crippen molar-refractivity contribution in [1.29, 1.82) is 0 Å². The molecule has 3 aliphatic rings. The van der Waals surface area contributed by atoms with E-state index in [1.807, 2.05) is 0 Å². The number of ether oxygens (including phenoxy) is 2. The van der Waals surface area contributed by atoms with E-state index in [-0.39, 0.29) is 59.3 Å². The molecule has 0 aromatic carbocycles. The number of urea groups is 1. The molecule has 7 heterocycles. The van der Waals surface area contributed by atoms with Gasteiger partial charge in [-0.3, -0.25) is 32.3 Å². The zero-order chi connectivity index (χ0) is 44.3. The van der Waals surface area contributed by atoms with Crippen LogP contribution in [0.3, 0.4) is 0 Å². The lowest BCUT2D eigenvalue weighted by Crippen LogP contribution is -2.41. The van der Waals surface area contributed by atoms with Gasteiger partial charge in [-0.15, -0.1) is 0 Å². The van der Waals surface area contributed by atoms with Gasteiger partial charge >= 0.3 is 19.5 Å². The summed E-state index contributed by atoms with van der Waals surface area (Å²) in [6, 6.07) is -1.40. The van der Waals surface area contributed by atoms with E-state index in [4.69, 9.17) is 56.6 Å². The first-order valence-corrected chi connectivity index (χ1v) is 24.2. The summed E-state index contributed by atoms with van der Waals surface area (Å²) in [5.41, 5.74) is 17.2. The Balaban J connectivity index is 0.978. The maximum atomic E-state index is 16.5. The third-order valence-electron chi connectivity index (χ3n) is 9.86. The number of nitrogens with two attached hydrogens (primary N) is 3. The van der Waals surface area contributed by atoms with Gasteiger partial charge in [0, 0.05) is 19.5 Å². The number of aromatic nitrogens is 8. The summed E-state index contributed by atoms with van der Waals surface area (Å²) < 4.78 is 82.7. The van der Waals surface area contributed by atoms with E-state index in [9.17, 15) is 23.8 Å². The molecular formula is C31H42F2N14O11P2S2. The van der Waals surface area contributed by atoms with Gasteiger partial charge in [0.05, 0.1) is 31.9 Å². The first kappa shape index (κ1) is 45.9. The normalized spacial score (nSPS) is 30.8. The van der Waals surface area contributed by atoms with E-state index in [1.54, 1.807) is 0 Å². The molecule has 62 heavy (non-hydrogen) atoms. The zero-order valence-electron chi connectivity index (χ0n) is 32.2. The number of nitrogen functional groups attached to an aromatic ring is 1. The van der Waals surface area contributed by atoms with Crippen LogP contribution in [-0.4, -0.2) is 131 Å². The highest BCUT2D eigenvalue weighted by atomic mass is 32.7. The Hall–Kier alpha value is -4.12. The second kappa shape index (κ2) is 19.3.